The fourth-order valence-electron chi connectivity index (χ4n) is 2.24. The molecule has 0 bridgehead atoms. The molecule has 1 rings (SSSR count). The topological polar surface area (TPSA) is 9.23 Å². The largest absolute Gasteiger partial charge is 0.490 e. The predicted molar refractivity (Wildman–Crippen MR) is 75.1 cm³/mol. The molecule has 0 saturated carbocycles. The van der Waals surface area contributed by atoms with Crippen LogP contribution >= 0.6 is 0 Å². The van der Waals surface area contributed by atoms with Gasteiger partial charge in [-0.25, -0.2) is 0 Å². The van der Waals surface area contributed by atoms with E-state index >= 15 is 0 Å². The summed E-state index contributed by atoms with van der Waals surface area (Å²) < 4.78 is 6.07. The first-order chi connectivity index (χ1) is 8.01. The third kappa shape index (κ3) is 3.24. The van der Waals surface area contributed by atoms with Gasteiger partial charge in [-0.05, 0) is 49.3 Å². The average molecular weight is 234 g/mol. The number of hydrogen-bond acceptors (Lipinski definition) is 1. The van der Waals surface area contributed by atoms with Gasteiger partial charge in [0.1, 0.15) is 5.75 Å². The minimum absolute atomic E-state index is 0.241. The van der Waals surface area contributed by atoms with Crippen LogP contribution in [0.15, 0.2) is 12.1 Å². The van der Waals surface area contributed by atoms with E-state index in [2.05, 4.69) is 53.7 Å². The third-order valence-electron chi connectivity index (χ3n) is 3.10. The van der Waals surface area contributed by atoms with Crippen LogP contribution in [0.3, 0.4) is 0 Å². The standard InChI is InChI=1S/C16H26O/c1-7-13-9-10-15(11(3)4)16(14(13)8-2)17-12(5)6/h9-12H,7-8H2,1-6H3. The first kappa shape index (κ1) is 14.1. The van der Waals surface area contributed by atoms with Crippen molar-refractivity contribution in [1.29, 1.82) is 0 Å². The molecule has 0 amide bonds. The zero-order valence-corrected chi connectivity index (χ0v) is 12.1. The monoisotopic (exact) mass is 234 g/mol. The van der Waals surface area contributed by atoms with Crippen LogP contribution in [-0.2, 0) is 12.8 Å². The van der Waals surface area contributed by atoms with E-state index < -0.39 is 0 Å². The summed E-state index contributed by atoms with van der Waals surface area (Å²) in [5.41, 5.74) is 4.16. The Morgan fingerprint density at radius 1 is 1.00 bits per heavy atom. The first-order valence-corrected chi connectivity index (χ1v) is 6.82. The third-order valence-corrected chi connectivity index (χ3v) is 3.10. The second-order valence-corrected chi connectivity index (χ2v) is 5.15. The molecule has 1 aromatic carbocycles. The van der Waals surface area contributed by atoms with E-state index in [1.807, 2.05) is 0 Å². The fraction of sp³-hybridized carbons (Fsp3) is 0.625. The Labute approximate surface area is 106 Å². The maximum Gasteiger partial charge on any atom is 0.126 e. The molecule has 0 aliphatic carbocycles. The van der Waals surface area contributed by atoms with Gasteiger partial charge in [0.15, 0.2) is 0 Å². The van der Waals surface area contributed by atoms with E-state index in [4.69, 9.17) is 4.74 Å². The molecule has 96 valence electrons. The molecule has 1 heteroatoms. The lowest BCUT2D eigenvalue weighted by molar-refractivity contribution is 0.236. The minimum atomic E-state index is 0.241. The van der Waals surface area contributed by atoms with Crippen molar-refractivity contribution in [1.82, 2.24) is 0 Å². The fourth-order valence-corrected chi connectivity index (χ4v) is 2.24. The molecule has 0 spiro atoms. The molecule has 0 aromatic heterocycles. The van der Waals surface area contributed by atoms with E-state index in [-0.39, 0.29) is 6.10 Å². The zero-order valence-electron chi connectivity index (χ0n) is 12.1. The van der Waals surface area contributed by atoms with Crippen LogP contribution in [0.2, 0.25) is 0 Å². The second-order valence-electron chi connectivity index (χ2n) is 5.15. The van der Waals surface area contributed by atoms with Crippen LogP contribution in [0.4, 0.5) is 0 Å². The highest BCUT2D eigenvalue weighted by Gasteiger charge is 2.15. The molecule has 0 unspecified atom stereocenters. The number of aryl methyl sites for hydroxylation is 1. The maximum absolute atomic E-state index is 6.07. The highest BCUT2D eigenvalue weighted by molar-refractivity contribution is 5.48. The summed E-state index contributed by atoms with van der Waals surface area (Å²) in [4.78, 5) is 0. The quantitative estimate of drug-likeness (QED) is 0.716. The summed E-state index contributed by atoms with van der Waals surface area (Å²) in [6.07, 6.45) is 2.37. The van der Waals surface area contributed by atoms with Gasteiger partial charge in [0.2, 0.25) is 0 Å². The van der Waals surface area contributed by atoms with Gasteiger partial charge >= 0.3 is 0 Å². The Morgan fingerprint density at radius 2 is 1.65 bits per heavy atom. The Kier molecular flexibility index (Phi) is 5.04. The lowest BCUT2D eigenvalue weighted by atomic mass is 9.93. The Morgan fingerprint density at radius 3 is 2.06 bits per heavy atom. The lowest BCUT2D eigenvalue weighted by Gasteiger charge is -2.22. The van der Waals surface area contributed by atoms with Gasteiger partial charge in [-0.1, -0.05) is 39.8 Å². The summed E-state index contributed by atoms with van der Waals surface area (Å²) in [6.45, 7) is 13.1. The van der Waals surface area contributed by atoms with E-state index in [1.165, 1.54) is 16.7 Å². The molecular weight excluding hydrogens is 208 g/mol. The zero-order chi connectivity index (χ0) is 13.0. The molecule has 0 N–H and O–H groups in total. The Balaban J connectivity index is 3.33. The molecule has 0 heterocycles. The predicted octanol–water partition coefficient (Wildman–Crippen LogP) is 4.72. The summed E-state index contributed by atoms with van der Waals surface area (Å²) in [6, 6.07) is 4.50. The van der Waals surface area contributed by atoms with Crippen LogP contribution in [-0.4, -0.2) is 6.10 Å². The van der Waals surface area contributed by atoms with Crippen LogP contribution in [0.25, 0.3) is 0 Å². The number of benzene rings is 1. The number of rotatable bonds is 5. The normalized spacial score (nSPS) is 11.3. The van der Waals surface area contributed by atoms with E-state index in [9.17, 15) is 0 Å². The van der Waals surface area contributed by atoms with Crippen molar-refractivity contribution in [2.75, 3.05) is 0 Å². The maximum atomic E-state index is 6.07. The lowest BCUT2D eigenvalue weighted by Crippen LogP contribution is -2.11. The Bertz CT molecular complexity index is 364. The van der Waals surface area contributed by atoms with E-state index in [0.29, 0.717) is 5.92 Å². The molecule has 0 fully saturated rings. The Hall–Kier alpha value is -0.980. The van der Waals surface area contributed by atoms with Crippen molar-refractivity contribution < 1.29 is 4.74 Å². The van der Waals surface area contributed by atoms with E-state index in [1.54, 1.807) is 0 Å². The average Bonchev–Trinajstić information content (AvgIpc) is 2.27. The van der Waals surface area contributed by atoms with Gasteiger partial charge in [-0.15, -0.1) is 0 Å². The molecule has 1 aromatic rings. The second kappa shape index (κ2) is 6.09. The van der Waals surface area contributed by atoms with Gasteiger partial charge in [0.05, 0.1) is 6.10 Å². The van der Waals surface area contributed by atoms with E-state index in [0.717, 1.165) is 18.6 Å². The molecular formula is C16H26O. The van der Waals surface area contributed by atoms with Gasteiger partial charge in [-0.3, -0.25) is 0 Å². The molecule has 1 nitrogen and oxygen atoms in total. The summed E-state index contributed by atoms with van der Waals surface area (Å²) in [5, 5.41) is 0. The SMILES string of the molecule is CCc1ccc(C(C)C)c(OC(C)C)c1CC. The summed E-state index contributed by atoms with van der Waals surface area (Å²) in [7, 11) is 0. The number of hydrogen-bond donors (Lipinski definition) is 0. The van der Waals surface area contributed by atoms with Crippen molar-refractivity contribution in [3.63, 3.8) is 0 Å². The van der Waals surface area contributed by atoms with Crippen LogP contribution < -0.4 is 4.74 Å². The first-order valence-electron chi connectivity index (χ1n) is 6.82. The highest BCUT2D eigenvalue weighted by atomic mass is 16.5. The van der Waals surface area contributed by atoms with Crippen LogP contribution in [0.1, 0.15) is 64.2 Å². The van der Waals surface area contributed by atoms with Gasteiger partial charge in [0.25, 0.3) is 0 Å². The highest BCUT2D eigenvalue weighted by Crippen LogP contribution is 2.34. The molecule has 0 aliphatic rings. The molecule has 0 atom stereocenters. The van der Waals surface area contributed by atoms with Crippen LogP contribution in [0.5, 0.6) is 5.75 Å². The van der Waals surface area contributed by atoms with Crippen molar-refractivity contribution in [3.05, 3.63) is 28.8 Å². The van der Waals surface area contributed by atoms with Crippen molar-refractivity contribution in [2.24, 2.45) is 0 Å². The summed E-state index contributed by atoms with van der Waals surface area (Å²) in [5.74, 6) is 1.65. The van der Waals surface area contributed by atoms with Gasteiger partial charge in [-0.2, -0.15) is 0 Å². The molecule has 0 radical (unpaired) electrons. The van der Waals surface area contributed by atoms with Crippen LogP contribution in [0, 0.1) is 0 Å². The number of ether oxygens (including phenoxy) is 1. The van der Waals surface area contributed by atoms with Gasteiger partial charge < -0.3 is 4.74 Å². The van der Waals surface area contributed by atoms with Crippen molar-refractivity contribution in [3.8, 4) is 5.75 Å². The molecule has 0 saturated heterocycles. The minimum Gasteiger partial charge on any atom is -0.490 e. The summed E-state index contributed by atoms with van der Waals surface area (Å²) >= 11 is 0. The smallest absolute Gasteiger partial charge is 0.126 e. The van der Waals surface area contributed by atoms with Crippen molar-refractivity contribution >= 4 is 0 Å². The molecule has 17 heavy (non-hydrogen) atoms. The van der Waals surface area contributed by atoms with Gasteiger partial charge in [0, 0.05) is 0 Å². The molecule has 0 aliphatic heterocycles. The van der Waals surface area contributed by atoms with Crippen molar-refractivity contribution in [2.45, 2.75) is 66.4 Å².